The molecule has 1 atom stereocenters. The molecule has 1 amide bonds. The van der Waals surface area contributed by atoms with E-state index in [-0.39, 0.29) is 11.2 Å². The molecule has 3 heterocycles. The van der Waals surface area contributed by atoms with Crippen LogP contribution in [0.1, 0.15) is 27.6 Å². The van der Waals surface area contributed by atoms with E-state index in [1.165, 1.54) is 0 Å². The van der Waals surface area contributed by atoms with Crippen molar-refractivity contribution in [1.29, 1.82) is 0 Å². The average molecular weight is 433 g/mol. The van der Waals surface area contributed by atoms with E-state index in [2.05, 4.69) is 50.6 Å². The van der Waals surface area contributed by atoms with Gasteiger partial charge in [0.1, 0.15) is 11.5 Å². The van der Waals surface area contributed by atoms with Crippen LogP contribution in [0.3, 0.4) is 0 Å². The highest BCUT2D eigenvalue weighted by Crippen LogP contribution is 2.47. The molecule has 0 radical (unpaired) electrons. The maximum Gasteiger partial charge on any atom is 0.235 e. The van der Waals surface area contributed by atoms with Crippen LogP contribution in [0.4, 0.5) is 5.82 Å². The first-order chi connectivity index (χ1) is 12.4. The van der Waals surface area contributed by atoms with Crippen molar-refractivity contribution in [3.05, 3.63) is 51.1 Å². The number of carbonyl (C=O) groups excluding carboxylic acids is 1. The number of thioether (sulfide) groups is 1. The van der Waals surface area contributed by atoms with Crippen molar-refractivity contribution in [1.82, 2.24) is 14.9 Å². The van der Waals surface area contributed by atoms with Crippen LogP contribution in [0.2, 0.25) is 0 Å². The zero-order valence-corrected chi connectivity index (χ0v) is 16.9. The Kier molecular flexibility index (Phi) is 4.40. The third-order valence-corrected chi connectivity index (χ3v) is 6.11. The molecule has 1 N–H and O–H groups in total. The van der Waals surface area contributed by atoms with E-state index in [1.807, 2.05) is 26.1 Å². The number of aromatic nitrogens is 3. The highest BCUT2D eigenvalue weighted by molar-refractivity contribution is 9.10. The Morgan fingerprint density at radius 3 is 2.85 bits per heavy atom. The summed E-state index contributed by atoms with van der Waals surface area (Å²) in [6.45, 7) is 3.95. The Hall–Kier alpha value is -2.06. The lowest BCUT2D eigenvalue weighted by molar-refractivity contribution is -0.113. The summed E-state index contributed by atoms with van der Waals surface area (Å²) in [5, 5.41) is 11.6. The van der Waals surface area contributed by atoms with Crippen LogP contribution in [0.5, 0.6) is 0 Å². The van der Waals surface area contributed by atoms with E-state index in [4.69, 9.17) is 4.52 Å². The van der Waals surface area contributed by atoms with Crippen molar-refractivity contribution < 1.29 is 9.32 Å². The van der Waals surface area contributed by atoms with Crippen LogP contribution in [-0.2, 0) is 11.8 Å². The second-order valence-electron chi connectivity index (χ2n) is 6.31. The van der Waals surface area contributed by atoms with E-state index in [0.29, 0.717) is 23.0 Å². The Labute approximate surface area is 163 Å². The smallest absolute Gasteiger partial charge is 0.235 e. The van der Waals surface area contributed by atoms with E-state index < -0.39 is 0 Å². The topological polar surface area (TPSA) is 73.0 Å². The molecular formula is C18H17BrN4O2S. The molecule has 1 aliphatic heterocycles. The van der Waals surface area contributed by atoms with Crippen molar-refractivity contribution in [3.8, 4) is 11.5 Å². The molecule has 0 fully saturated rings. The first-order valence-electron chi connectivity index (χ1n) is 8.12. The second-order valence-corrected chi connectivity index (χ2v) is 8.32. The first-order valence-corrected chi connectivity index (χ1v) is 9.96. The van der Waals surface area contributed by atoms with Gasteiger partial charge in [-0.3, -0.25) is 9.48 Å². The molecule has 134 valence electrons. The number of carbonyl (C=O) groups is 1. The van der Waals surface area contributed by atoms with Crippen molar-refractivity contribution in [2.75, 3.05) is 11.1 Å². The van der Waals surface area contributed by atoms with E-state index in [0.717, 1.165) is 26.9 Å². The number of anilines is 1. The number of fused-ring (bicyclic) bond motifs is 1. The van der Waals surface area contributed by atoms with E-state index in [9.17, 15) is 4.79 Å². The minimum absolute atomic E-state index is 0.0307. The van der Waals surface area contributed by atoms with Crippen LogP contribution in [0, 0.1) is 13.8 Å². The summed E-state index contributed by atoms with van der Waals surface area (Å²) < 4.78 is 8.21. The van der Waals surface area contributed by atoms with Gasteiger partial charge in [-0.2, -0.15) is 5.10 Å². The minimum Gasteiger partial charge on any atom is -0.354 e. The largest absolute Gasteiger partial charge is 0.354 e. The third kappa shape index (κ3) is 2.97. The van der Waals surface area contributed by atoms with Gasteiger partial charge in [0.05, 0.1) is 16.7 Å². The molecule has 4 rings (SSSR count). The number of hydrogen-bond donors (Lipinski definition) is 1. The predicted molar refractivity (Wildman–Crippen MR) is 105 cm³/mol. The number of benzene rings is 1. The summed E-state index contributed by atoms with van der Waals surface area (Å²) in [4.78, 5) is 12.2. The summed E-state index contributed by atoms with van der Waals surface area (Å²) >= 11 is 5.12. The fraction of sp³-hybridized carbons (Fsp3) is 0.278. The number of halogens is 1. The molecule has 6 nitrogen and oxygen atoms in total. The molecule has 26 heavy (non-hydrogen) atoms. The highest BCUT2D eigenvalue weighted by Gasteiger charge is 2.33. The van der Waals surface area contributed by atoms with Gasteiger partial charge >= 0.3 is 0 Å². The Morgan fingerprint density at radius 1 is 1.35 bits per heavy atom. The van der Waals surface area contributed by atoms with Crippen molar-refractivity contribution >= 4 is 39.4 Å². The zero-order valence-electron chi connectivity index (χ0n) is 14.5. The molecule has 1 aliphatic rings. The molecule has 1 aromatic carbocycles. The molecule has 2 aromatic heterocycles. The van der Waals surface area contributed by atoms with Crippen molar-refractivity contribution in [2.45, 2.75) is 19.1 Å². The third-order valence-electron chi connectivity index (χ3n) is 4.36. The zero-order chi connectivity index (χ0) is 18.4. The lowest BCUT2D eigenvalue weighted by atomic mass is 9.98. The lowest BCUT2D eigenvalue weighted by Crippen LogP contribution is -2.15. The Morgan fingerprint density at radius 2 is 2.15 bits per heavy atom. The van der Waals surface area contributed by atoms with Gasteiger partial charge < -0.3 is 9.84 Å². The first kappa shape index (κ1) is 17.4. The van der Waals surface area contributed by atoms with Gasteiger partial charge in [0.25, 0.3) is 0 Å². The fourth-order valence-electron chi connectivity index (χ4n) is 3.18. The molecular weight excluding hydrogens is 416 g/mol. The lowest BCUT2D eigenvalue weighted by Gasteiger charge is -2.18. The number of rotatable bonds is 2. The SMILES string of the molecule is Cc1cc(-c2nn(C)c3c2C(c2ccc(Br)cc2C)SCC(=O)N3)on1. The number of hydrogen-bond acceptors (Lipinski definition) is 5. The van der Waals surface area contributed by atoms with Gasteiger partial charge in [0.2, 0.25) is 5.91 Å². The molecule has 0 spiro atoms. The highest BCUT2D eigenvalue weighted by atomic mass is 79.9. The van der Waals surface area contributed by atoms with Gasteiger partial charge in [-0.15, -0.1) is 11.8 Å². The maximum atomic E-state index is 12.2. The van der Waals surface area contributed by atoms with Crippen LogP contribution < -0.4 is 5.32 Å². The quantitative estimate of drug-likeness (QED) is 0.655. The molecule has 0 aliphatic carbocycles. The standard InChI is InChI=1S/C18H17BrN4O2S/c1-9-6-11(19)4-5-12(9)17-15-16(13-7-10(2)22-25-13)21-23(3)18(15)20-14(24)8-26-17/h4-7,17H,8H2,1-3H3,(H,20,24). The maximum absolute atomic E-state index is 12.2. The summed E-state index contributed by atoms with van der Waals surface area (Å²) in [5.74, 6) is 1.66. The summed E-state index contributed by atoms with van der Waals surface area (Å²) in [7, 11) is 1.83. The van der Waals surface area contributed by atoms with Gasteiger partial charge in [-0.05, 0) is 37.1 Å². The van der Waals surface area contributed by atoms with Gasteiger partial charge in [0, 0.05) is 23.2 Å². The summed E-state index contributed by atoms with van der Waals surface area (Å²) in [5.41, 5.74) is 4.76. The monoisotopic (exact) mass is 432 g/mol. The summed E-state index contributed by atoms with van der Waals surface area (Å²) in [6, 6.07) is 8.08. The molecule has 8 heteroatoms. The normalized spacial score (nSPS) is 16.9. The fourth-order valence-corrected chi connectivity index (χ4v) is 4.88. The van der Waals surface area contributed by atoms with Crippen LogP contribution in [-0.4, -0.2) is 26.6 Å². The van der Waals surface area contributed by atoms with E-state index >= 15 is 0 Å². The number of nitrogens with one attached hydrogen (secondary N) is 1. The predicted octanol–water partition coefficient (Wildman–Crippen LogP) is 4.23. The van der Waals surface area contributed by atoms with E-state index in [1.54, 1.807) is 16.4 Å². The van der Waals surface area contributed by atoms with Gasteiger partial charge in [-0.1, -0.05) is 27.2 Å². The molecule has 0 bridgehead atoms. The van der Waals surface area contributed by atoms with Crippen LogP contribution in [0.15, 0.2) is 33.3 Å². The number of amides is 1. The molecule has 3 aromatic rings. The van der Waals surface area contributed by atoms with Crippen LogP contribution in [0.25, 0.3) is 11.5 Å². The second kappa shape index (κ2) is 6.59. The van der Waals surface area contributed by atoms with Crippen LogP contribution >= 0.6 is 27.7 Å². The Bertz CT molecular complexity index is 1010. The van der Waals surface area contributed by atoms with Gasteiger partial charge in [0.15, 0.2) is 5.76 Å². The number of nitrogens with zero attached hydrogens (tertiary/aromatic N) is 3. The Balaban J connectivity index is 1.95. The summed E-state index contributed by atoms with van der Waals surface area (Å²) in [6.07, 6.45) is 0. The van der Waals surface area contributed by atoms with Crippen molar-refractivity contribution in [2.24, 2.45) is 7.05 Å². The van der Waals surface area contributed by atoms with Crippen molar-refractivity contribution in [3.63, 3.8) is 0 Å². The average Bonchev–Trinajstić information content (AvgIpc) is 3.09. The minimum atomic E-state index is -0.0360. The molecule has 0 saturated carbocycles. The number of aryl methyl sites for hydroxylation is 3. The molecule has 1 unspecified atom stereocenters. The molecule has 0 saturated heterocycles. The van der Waals surface area contributed by atoms with Gasteiger partial charge in [-0.25, -0.2) is 0 Å².